The zero-order chi connectivity index (χ0) is 14.2. The fourth-order valence-corrected chi connectivity index (χ4v) is 4.71. The van der Waals surface area contributed by atoms with Crippen LogP contribution in [0, 0.1) is 0 Å². The Morgan fingerprint density at radius 3 is 3.29 bits per heavy atom. The molecule has 0 aromatic carbocycles. The molecule has 1 N–H and O–H groups in total. The minimum Gasteiger partial charge on any atom is -0.307 e. The zero-order valence-corrected chi connectivity index (χ0v) is 13.4. The van der Waals surface area contributed by atoms with E-state index in [1.165, 1.54) is 49.0 Å². The molecule has 2 aliphatic rings. The van der Waals surface area contributed by atoms with Crippen LogP contribution in [0.4, 0.5) is 0 Å². The van der Waals surface area contributed by atoms with Gasteiger partial charge in [0, 0.05) is 24.3 Å². The Bertz CT molecular complexity index is 623. The van der Waals surface area contributed by atoms with Gasteiger partial charge in [-0.15, -0.1) is 11.3 Å². The van der Waals surface area contributed by atoms with Crippen molar-refractivity contribution in [3.8, 4) is 0 Å². The molecule has 2 fully saturated rings. The molecule has 2 saturated heterocycles. The van der Waals surface area contributed by atoms with Gasteiger partial charge in [0.1, 0.15) is 0 Å². The van der Waals surface area contributed by atoms with Gasteiger partial charge in [-0.2, -0.15) is 0 Å². The van der Waals surface area contributed by atoms with Crippen molar-refractivity contribution in [3.05, 3.63) is 29.3 Å². The molecule has 3 nitrogen and oxygen atoms in total. The molecule has 2 aromatic rings. The average molecular weight is 301 g/mol. The molecule has 0 saturated carbocycles. The van der Waals surface area contributed by atoms with E-state index in [0.29, 0.717) is 12.1 Å². The molecule has 4 heterocycles. The Hall–Kier alpha value is -0.970. The Kier molecular flexibility index (Phi) is 3.69. The van der Waals surface area contributed by atoms with Crippen molar-refractivity contribution in [2.75, 3.05) is 13.1 Å². The maximum Gasteiger partial charge on any atom is 0.0809 e. The lowest BCUT2D eigenvalue weighted by Crippen LogP contribution is -2.46. The van der Waals surface area contributed by atoms with Gasteiger partial charge in [0.25, 0.3) is 0 Å². The van der Waals surface area contributed by atoms with Crippen molar-refractivity contribution in [1.29, 1.82) is 0 Å². The summed E-state index contributed by atoms with van der Waals surface area (Å²) in [6.45, 7) is 4.88. The predicted molar refractivity (Wildman–Crippen MR) is 88.8 cm³/mol. The molecule has 4 rings (SSSR count). The van der Waals surface area contributed by atoms with E-state index in [1.54, 1.807) is 11.3 Å². The van der Waals surface area contributed by atoms with Crippen LogP contribution in [-0.4, -0.2) is 35.1 Å². The Labute approximate surface area is 130 Å². The van der Waals surface area contributed by atoms with E-state index < -0.39 is 0 Å². The molecular formula is C17H23N3S. The SMILES string of the molecule is CC(NC1CCN2CCCC2C1)c1cnc2ccsc2c1. The van der Waals surface area contributed by atoms with Crippen molar-refractivity contribution in [1.82, 2.24) is 15.2 Å². The van der Waals surface area contributed by atoms with Crippen molar-refractivity contribution in [2.45, 2.75) is 50.7 Å². The molecule has 0 amide bonds. The molecule has 0 bridgehead atoms. The van der Waals surface area contributed by atoms with E-state index in [2.05, 4.69) is 39.6 Å². The second-order valence-electron chi connectivity index (χ2n) is 6.51. The summed E-state index contributed by atoms with van der Waals surface area (Å²) in [6, 6.07) is 6.29. The monoisotopic (exact) mass is 301 g/mol. The first kappa shape index (κ1) is 13.7. The van der Waals surface area contributed by atoms with E-state index in [1.807, 2.05) is 6.20 Å². The number of aromatic nitrogens is 1. The van der Waals surface area contributed by atoms with Crippen molar-refractivity contribution in [3.63, 3.8) is 0 Å². The van der Waals surface area contributed by atoms with E-state index in [-0.39, 0.29) is 0 Å². The number of thiophene rings is 1. The minimum atomic E-state index is 0.391. The van der Waals surface area contributed by atoms with Gasteiger partial charge in [0.15, 0.2) is 0 Å². The third-order valence-corrected chi connectivity index (χ3v) is 5.98. The second kappa shape index (κ2) is 5.67. The second-order valence-corrected chi connectivity index (χ2v) is 7.46. The van der Waals surface area contributed by atoms with Gasteiger partial charge in [0.2, 0.25) is 0 Å². The van der Waals surface area contributed by atoms with E-state index in [4.69, 9.17) is 0 Å². The zero-order valence-electron chi connectivity index (χ0n) is 12.6. The van der Waals surface area contributed by atoms with Crippen LogP contribution < -0.4 is 5.32 Å². The molecule has 3 unspecified atom stereocenters. The van der Waals surface area contributed by atoms with Crippen molar-refractivity contribution < 1.29 is 0 Å². The number of nitrogens with zero attached hydrogens (tertiary/aromatic N) is 2. The number of hydrogen-bond donors (Lipinski definition) is 1. The summed E-state index contributed by atoms with van der Waals surface area (Å²) >= 11 is 1.78. The van der Waals surface area contributed by atoms with Crippen LogP contribution in [0.2, 0.25) is 0 Å². The van der Waals surface area contributed by atoms with Crippen molar-refractivity contribution in [2.24, 2.45) is 0 Å². The molecule has 2 aliphatic heterocycles. The molecule has 21 heavy (non-hydrogen) atoms. The number of rotatable bonds is 3. The third-order valence-electron chi connectivity index (χ3n) is 5.13. The highest BCUT2D eigenvalue weighted by atomic mass is 32.1. The summed E-state index contributed by atoms with van der Waals surface area (Å²) in [6.07, 6.45) is 7.44. The van der Waals surface area contributed by atoms with Gasteiger partial charge < -0.3 is 10.2 Å². The molecule has 4 heteroatoms. The molecule has 2 aromatic heterocycles. The van der Waals surface area contributed by atoms with Gasteiger partial charge >= 0.3 is 0 Å². The first-order chi connectivity index (χ1) is 10.3. The lowest BCUT2D eigenvalue weighted by Gasteiger charge is -2.36. The normalized spacial score (nSPS) is 27.9. The van der Waals surface area contributed by atoms with Gasteiger partial charge in [0.05, 0.1) is 10.2 Å². The van der Waals surface area contributed by atoms with Gasteiger partial charge in [-0.05, 0) is 68.8 Å². The van der Waals surface area contributed by atoms with E-state index in [9.17, 15) is 0 Å². The smallest absolute Gasteiger partial charge is 0.0809 e. The highest BCUT2D eigenvalue weighted by molar-refractivity contribution is 7.17. The largest absolute Gasteiger partial charge is 0.307 e. The van der Waals surface area contributed by atoms with Gasteiger partial charge in [-0.25, -0.2) is 0 Å². The highest BCUT2D eigenvalue weighted by Gasteiger charge is 2.32. The summed E-state index contributed by atoms with van der Waals surface area (Å²) in [5.41, 5.74) is 2.44. The number of nitrogens with one attached hydrogen (secondary N) is 1. The number of pyridine rings is 1. The third kappa shape index (κ3) is 2.72. The molecule has 3 atom stereocenters. The summed E-state index contributed by atoms with van der Waals surface area (Å²) in [5.74, 6) is 0. The maximum atomic E-state index is 4.57. The quantitative estimate of drug-likeness (QED) is 0.939. The van der Waals surface area contributed by atoms with Gasteiger partial charge in [-0.1, -0.05) is 0 Å². The Morgan fingerprint density at radius 1 is 1.38 bits per heavy atom. The molecule has 0 radical (unpaired) electrons. The Balaban J connectivity index is 1.43. The highest BCUT2D eigenvalue weighted by Crippen LogP contribution is 2.29. The van der Waals surface area contributed by atoms with Crippen LogP contribution in [0.25, 0.3) is 10.2 Å². The van der Waals surface area contributed by atoms with Crippen LogP contribution in [0.15, 0.2) is 23.7 Å². The van der Waals surface area contributed by atoms with E-state index >= 15 is 0 Å². The molecule has 0 aliphatic carbocycles. The van der Waals surface area contributed by atoms with Gasteiger partial charge in [-0.3, -0.25) is 4.98 Å². The van der Waals surface area contributed by atoms with Crippen LogP contribution >= 0.6 is 11.3 Å². The van der Waals surface area contributed by atoms with E-state index in [0.717, 1.165) is 11.6 Å². The average Bonchev–Trinajstić information content (AvgIpc) is 3.14. The number of hydrogen-bond acceptors (Lipinski definition) is 4. The first-order valence-corrected chi connectivity index (χ1v) is 9.01. The first-order valence-electron chi connectivity index (χ1n) is 8.13. The fourth-order valence-electron chi connectivity index (χ4n) is 3.92. The minimum absolute atomic E-state index is 0.391. The standard InChI is InChI=1S/C17H23N3S/c1-12(13-9-17-16(18-11-13)5-8-21-17)19-14-4-7-20-6-2-3-15(20)10-14/h5,8-9,11-12,14-15,19H,2-4,6-7,10H2,1H3. The fraction of sp³-hybridized carbons (Fsp3) is 0.588. The number of fused-ring (bicyclic) bond motifs is 2. The van der Waals surface area contributed by atoms with Crippen LogP contribution in [0.5, 0.6) is 0 Å². The summed E-state index contributed by atoms with van der Waals surface area (Å²) in [4.78, 5) is 7.25. The van der Waals surface area contributed by atoms with Crippen LogP contribution in [-0.2, 0) is 0 Å². The summed E-state index contributed by atoms with van der Waals surface area (Å²) in [7, 11) is 0. The molecular weight excluding hydrogens is 278 g/mol. The summed E-state index contributed by atoms with van der Waals surface area (Å²) < 4.78 is 1.30. The lowest BCUT2D eigenvalue weighted by atomic mass is 9.96. The molecule has 0 spiro atoms. The Morgan fingerprint density at radius 2 is 2.33 bits per heavy atom. The number of piperidine rings is 1. The summed E-state index contributed by atoms with van der Waals surface area (Å²) in [5, 5.41) is 5.96. The van der Waals surface area contributed by atoms with Crippen molar-refractivity contribution >= 4 is 21.6 Å². The lowest BCUT2D eigenvalue weighted by molar-refractivity contribution is 0.162. The van der Waals surface area contributed by atoms with Crippen LogP contribution in [0.1, 0.15) is 44.2 Å². The molecule has 112 valence electrons. The predicted octanol–water partition coefficient (Wildman–Crippen LogP) is 3.57. The maximum absolute atomic E-state index is 4.57. The topological polar surface area (TPSA) is 28.2 Å². The van der Waals surface area contributed by atoms with Crippen LogP contribution in [0.3, 0.4) is 0 Å².